The van der Waals surface area contributed by atoms with Crippen LogP contribution < -0.4 is 10.0 Å². The highest BCUT2D eigenvalue weighted by Gasteiger charge is 2.29. The first-order valence-electron chi connectivity index (χ1n) is 7.04. The molecule has 8 heteroatoms. The topological polar surface area (TPSA) is 24.1 Å². The molecule has 2 aromatic carbocycles. The second-order valence-corrected chi connectivity index (χ2v) is 6.11. The van der Waals surface area contributed by atoms with Crippen molar-refractivity contribution in [1.29, 1.82) is 0 Å². The van der Waals surface area contributed by atoms with Gasteiger partial charge < -0.3 is 5.32 Å². The lowest BCUT2D eigenvalue weighted by atomic mass is 10.2. The summed E-state index contributed by atoms with van der Waals surface area (Å²) in [4.78, 5) is 0.628. The van der Waals surface area contributed by atoms with Gasteiger partial charge in [-0.1, -0.05) is 0 Å². The molecule has 130 valence electrons. The van der Waals surface area contributed by atoms with Gasteiger partial charge in [0.15, 0.2) is 0 Å². The van der Waals surface area contributed by atoms with Gasteiger partial charge in [0, 0.05) is 23.5 Å². The van der Waals surface area contributed by atoms with Crippen LogP contribution in [0, 0.1) is 11.6 Å². The van der Waals surface area contributed by atoms with E-state index in [1.54, 1.807) is 6.92 Å². The van der Waals surface area contributed by atoms with Crippen LogP contribution in [0.2, 0.25) is 0 Å². The van der Waals surface area contributed by atoms with Gasteiger partial charge in [-0.25, -0.2) is 8.78 Å². The Morgan fingerprint density at radius 3 is 2.29 bits per heavy atom. The maximum atomic E-state index is 13.5. The van der Waals surface area contributed by atoms with Crippen LogP contribution in [0.5, 0.6) is 0 Å². The van der Waals surface area contributed by atoms with Crippen molar-refractivity contribution in [1.82, 2.24) is 4.72 Å². The maximum Gasteiger partial charge on any atom is 0.416 e. The van der Waals surface area contributed by atoms with Gasteiger partial charge in [-0.15, -0.1) is 0 Å². The van der Waals surface area contributed by atoms with Crippen LogP contribution in [0.25, 0.3) is 0 Å². The van der Waals surface area contributed by atoms with E-state index in [0.717, 1.165) is 24.3 Å². The van der Waals surface area contributed by atoms with Gasteiger partial charge in [0.25, 0.3) is 0 Å². The standard InChI is InChI=1S/C16H15F5N2S/c1-10(23-15-7-4-12(17)8-14(15)18)9-22-24-13-5-2-11(3-6-13)16(19,20)21/h2-8,10,22-23H,9H2,1H3. The second kappa shape index (κ2) is 7.85. The second-order valence-electron chi connectivity index (χ2n) is 5.14. The Bertz CT molecular complexity index is 673. The minimum Gasteiger partial charge on any atom is -0.379 e. The van der Waals surface area contributed by atoms with Crippen molar-refractivity contribution in [2.75, 3.05) is 11.9 Å². The molecule has 0 saturated heterocycles. The highest BCUT2D eigenvalue weighted by atomic mass is 32.2. The van der Waals surface area contributed by atoms with Crippen LogP contribution in [0.3, 0.4) is 0 Å². The van der Waals surface area contributed by atoms with E-state index >= 15 is 0 Å². The van der Waals surface area contributed by atoms with E-state index in [1.807, 2.05) is 0 Å². The van der Waals surface area contributed by atoms with Gasteiger partial charge in [-0.05, 0) is 55.3 Å². The molecular weight excluding hydrogens is 347 g/mol. The van der Waals surface area contributed by atoms with Crippen molar-refractivity contribution >= 4 is 17.6 Å². The van der Waals surface area contributed by atoms with Gasteiger partial charge in [0.2, 0.25) is 0 Å². The van der Waals surface area contributed by atoms with Crippen LogP contribution in [0.1, 0.15) is 12.5 Å². The number of alkyl halides is 3. The molecule has 0 saturated carbocycles. The lowest BCUT2D eigenvalue weighted by molar-refractivity contribution is -0.137. The molecule has 1 unspecified atom stereocenters. The summed E-state index contributed by atoms with van der Waals surface area (Å²) < 4.78 is 66.7. The Balaban J connectivity index is 1.81. The smallest absolute Gasteiger partial charge is 0.379 e. The van der Waals surface area contributed by atoms with Crippen LogP contribution in [0.15, 0.2) is 47.4 Å². The van der Waals surface area contributed by atoms with Gasteiger partial charge in [0.05, 0.1) is 11.3 Å². The molecule has 0 aliphatic rings. The molecular formula is C16H15F5N2S. The number of benzene rings is 2. The number of hydrogen-bond acceptors (Lipinski definition) is 3. The minimum absolute atomic E-state index is 0.174. The van der Waals surface area contributed by atoms with Gasteiger partial charge in [-0.2, -0.15) is 13.2 Å². The molecule has 0 radical (unpaired) electrons. The zero-order chi connectivity index (χ0) is 17.7. The Morgan fingerprint density at radius 1 is 1.04 bits per heavy atom. The molecule has 0 fully saturated rings. The van der Waals surface area contributed by atoms with Gasteiger partial charge >= 0.3 is 6.18 Å². The van der Waals surface area contributed by atoms with Gasteiger partial charge in [-0.3, -0.25) is 4.72 Å². The van der Waals surface area contributed by atoms with Crippen molar-refractivity contribution < 1.29 is 22.0 Å². The summed E-state index contributed by atoms with van der Waals surface area (Å²) in [7, 11) is 0. The predicted molar refractivity (Wildman–Crippen MR) is 84.7 cm³/mol. The van der Waals surface area contributed by atoms with E-state index in [9.17, 15) is 22.0 Å². The summed E-state index contributed by atoms with van der Waals surface area (Å²) in [6.07, 6.45) is -4.35. The van der Waals surface area contributed by atoms with E-state index in [4.69, 9.17) is 0 Å². The third-order valence-corrected chi connectivity index (χ3v) is 3.91. The fourth-order valence-corrected chi connectivity index (χ4v) is 2.66. The number of rotatable bonds is 6. The number of anilines is 1. The number of nitrogens with one attached hydrogen (secondary N) is 2. The summed E-state index contributed by atoms with van der Waals surface area (Å²) >= 11 is 1.17. The largest absolute Gasteiger partial charge is 0.416 e. The molecule has 0 aromatic heterocycles. The molecule has 2 nitrogen and oxygen atoms in total. The van der Waals surface area contributed by atoms with Crippen molar-refractivity contribution in [2.24, 2.45) is 0 Å². The average Bonchev–Trinajstić information content (AvgIpc) is 2.50. The summed E-state index contributed by atoms with van der Waals surface area (Å²) in [6, 6.07) is 7.86. The Hall–Kier alpha value is -1.80. The number of halogens is 5. The van der Waals surface area contributed by atoms with Crippen LogP contribution in [0.4, 0.5) is 27.6 Å². The van der Waals surface area contributed by atoms with E-state index in [0.29, 0.717) is 11.4 Å². The molecule has 0 bridgehead atoms. The predicted octanol–water partition coefficient (Wildman–Crippen LogP) is 5.08. The first-order valence-corrected chi connectivity index (χ1v) is 7.86. The quantitative estimate of drug-likeness (QED) is 0.553. The molecule has 2 N–H and O–H groups in total. The van der Waals surface area contributed by atoms with E-state index in [-0.39, 0.29) is 11.7 Å². The molecule has 0 spiro atoms. The monoisotopic (exact) mass is 362 g/mol. The van der Waals surface area contributed by atoms with Crippen LogP contribution in [-0.4, -0.2) is 12.6 Å². The normalized spacial score (nSPS) is 12.9. The Kier molecular flexibility index (Phi) is 6.06. The highest BCUT2D eigenvalue weighted by Crippen LogP contribution is 2.30. The Morgan fingerprint density at radius 2 is 1.71 bits per heavy atom. The fraction of sp³-hybridized carbons (Fsp3) is 0.250. The third-order valence-electron chi connectivity index (χ3n) is 3.09. The van der Waals surface area contributed by atoms with Gasteiger partial charge in [0.1, 0.15) is 11.6 Å². The molecule has 1 atom stereocenters. The summed E-state index contributed by atoms with van der Waals surface area (Å²) in [6.45, 7) is 2.21. The first kappa shape index (κ1) is 18.5. The summed E-state index contributed by atoms with van der Waals surface area (Å²) in [5.74, 6) is -1.33. The maximum absolute atomic E-state index is 13.5. The Labute approximate surface area is 140 Å². The molecule has 0 aliphatic carbocycles. The van der Waals surface area contributed by atoms with Crippen molar-refractivity contribution in [2.45, 2.75) is 24.0 Å². The molecule has 0 heterocycles. The van der Waals surface area contributed by atoms with Crippen molar-refractivity contribution in [3.8, 4) is 0 Å². The van der Waals surface area contributed by atoms with Crippen LogP contribution >= 0.6 is 11.9 Å². The average molecular weight is 362 g/mol. The lowest BCUT2D eigenvalue weighted by Gasteiger charge is -2.16. The summed E-state index contributed by atoms with van der Waals surface area (Å²) in [5, 5.41) is 2.89. The fourth-order valence-electron chi connectivity index (χ4n) is 1.88. The molecule has 0 aliphatic heterocycles. The third kappa shape index (κ3) is 5.38. The highest BCUT2D eigenvalue weighted by molar-refractivity contribution is 7.97. The minimum atomic E-state index is -4.35. The molecule has 0 amide bonds. The molecule has 24 heavy (non-hydrogen) atoms. The molecule has 2 rings (SSSR count). The number of hydrogen-bond donors (Lipinski definition) is 2. The SMILES string of the molecule is CC(CNSc1ccc(C(F)(F)F)cc1)Nc1ccc(F)cc1F. The lowest BCUT2D eigenvalue weighted by Crippen LogP contribution is -2.27. The molecule has 2 aromatic rings. The van der Waals surface area contributed by atoms with Crippen LogP contribution in [-0.2, 0) is 6.18 Å². The van der Waals surface area contributed by atoms with E-state index < -0.39 is 23.4 Å². The zero-order valence-corrected chi connectivity index (χ0v) is 13.4. The zero-order valence-electron chi connectivity index (χ0n) is 12.6. The van der Waals surface area contributed by atoms with E-state index in [2.05, 4.69) is 10.0 Å². The van der Waals surface area contributed by atoms with E-state index in [1.165, 1.54) is 30.1 Å². The van der Waals surface area contributed by atoms with Crippen molar-refractivity contribution in [3.63, 3.8) is 0 Å². The van der Waals surface area contributed by atoms with Crippen molar-refractivity contribution in [3.05, 3.63) is 59.7 Å². The first-order chi connectivity index (χ1) is 11.3. The summed E-state index contributed by atoms with van der Waals surface area (Å²) in [5.41, 5.74) is -0.515.